The predicted molar refractivity (Wildman–Crippen MR) is 45.2 cm³/mol. The number of aryl methyl sites for hydroxylation is 1. The summed E-state index contributed by atoms with van der Waals surface area (Å²) in [4.78, 5) is 21.6. The van der Waals surface area contributed by atoms with Gasteiger partial charge in [-0.05, 0) is 13.8 Å². The van der Waals surface area contributed by atoms with Crippen molar-refractivity contribution in [1.29, 1.82) is 0 Å². The van der Waals surface area contributed by atoms with E-state index in [9.17, 15) is 9.59 Å². The highest BCUT2D eigenvalue weighted by Crippen LogP contribution is 2.06. The Kier molecular flexibility index (Phi) is 2.79. The second-order valence-corrected chi connectivity index (χ2v) is 2.75. The van der Waals surface area contributed by atoms with Gasteiger partial charge < -0.3 is 9.84 Å². The van der Waals surface area contributed by atoms with Crippen molar-refractivity contribution in [2.75, 3.05) is 5.32 Å². The fourth-order valence-corrected chi connectivity index (χ4v) is 0.838. The molecule has 0 unspecified atom stereocenters. The Morgan fingerprint density at radius 1 is 1.62 bits per heavy atom. The molecule has 0 atom stereocenters. The Hall–Kier alpha value is -1.65. The maximum Gasteiger partial charge on any atom is 0.233 e. The van der Waals surface area contributed by atoms with E-state index in [0.717, 1.165) is 0 Å². The van der Waals surface area contributed by atoms with Crippen molar-refractivity contribution >= 4 is 17.5 Å². The van der Waals surface area contributed by atoms with Gasteiger partial charge in [-0.1, -0.05) is 5.16 Å². The molecule has 0 saturated heterocycles. The lowest BCUT2D eigenvalue weighted by Gasteiger charge is -1.96. The van der Waals surface area contributed by atoms with Gasteiger partial charge in [-0.25, -0.2) is 0 Å². The summed E-state index contributed by atoms with van der Waals surface area (Å²) in [7, 11) is 0. The van der Waals surface area contributed by atoms with Gasteiger partial charge in [0.2, 0.25) is 5.91 Å². The molecule has 0 spiro atoms. The van der Waals surface area contributed by atoms with Gasteiger partial charge in [0.1, 0.15) is 11.5 Å². The number of anilines is 1. The van der Waals surface area contributed by atoms with Gasteiger partial charge in [-0.3, -0.25) is 9.59 Å². The van der Waals surface area contributed by atoms with Gasteiger partial charge in [0.05, 0.1) is 6.42 Å². The average Bonchev–Trinajstić information content (AvgIpc) is 2.33. The lowest BCUT2D eigenvalue weighted by atomic mass is 10.3. The van der Waals surface area contributed by atoms with Gasteiger partial charge in [-0.15, -0.1) is 0 Å². The van der Waals surface area contributed by atoms with E-state index in [-0.39, 0.29) is 18.1 Å². The summed E-state index contributed by atoms with van der Waals surface area (Å²) in [5.41, 5.74) is 0. The zero-order valence-corrected chi connectivity index (χ0v) is 7.46. The standard InChI is InChI=1S/C8H10N2O3/c1-5(11)3-8(12)9-7-4-6(2)13-10-7/h4H,3H2,1-2H3,(H,9,10,12). The number of aromatic nitrogens is 1. The summed E-state index contributed by atoms with van der Waals surface area (Å²) in [6, 6.07) is 1.58. The number of nitrogens with zero attached hydrogens (tertiary/aromatic N) is 1. The lowest BCUT2D eigenvalue weighted by molar-refractivity contribution is -0.124. The smallest absolute Gasteiger partial charge is 0.233 e. The summed E-state index contributed by atoms with van der Waals surface area (Å²) < 4.78 is 4.72. The van der Waals surface area contributed by atoms with Crippen LogP contribution < -0.4 is 5.32 Å². The summed E-state index contributed by atoms with van der Waals surface area (Å²) in [6.45, 7) is 3.07. The summed E-state index contributed by atoms with van der Waals surface area (Å²) in [5, 5.41) is 5.97. The number of nitrogens with one attached hydrogen (secondary N) is 1. The largest absolute Gasteiger partial charge is 0.360 e. The minimum Gasteiger partial charge on any atom is -0.360 e. The number of Topliss-reactive ketones (excluding diaryl/α,β-unsaturated/α-hetero) is 1. The van der Waals surface area contributed by atoms with Crippen molar-refractivity contribution in [1.82, 2.24) is 5.16 Å². The SMILES string of the molecule is CC(=O)CC(=O)Nc1cc(C)on1. The second-order valence-electron chi connectivity index (χ2n) is 2.75. The van der Waals surface area contributed by atoms with Crippen molar-refractivity contribution in [2.45, 2.75) is 20.3 Å². The van der Waals surface area contributed by atoms with Crippen molar-refractivity contribution in [3.63, 3.8) is 0 Å². The molecule has 1 heterocycles. The Bertz CT molecular complexity index is 330. The van der Waals surface area contributed by atoms with Crippen LogP contribution >= 0.6 is 0 Å². The first kappa shape index (κ1) is 9.44. The van der Waals surface area contributed by atoms with Gasteiger partial charge >= 0.3 is 0 Å². The van der Waals surface area contributed by atoms with Gasteiger partial charge in [0.15, 0.2) is 5.82 Å². The molecule has 1 amide bonds. The molecule has 70 valence electrons. The summed E-state index contributed by atoms with van der Waals surface area (Å²) in [5.74, 6) is 0.389. The lowest BCUT2D eigenvalue weighted by Crippen LogP contribution is -2.14. The molecule has 1 N–H and O–H groups in total. The van der Waals surface area contributed by atoms with E-state index in [1.807, 2.05) is 0 Å². The third-order valence-corrected chi connectivity index (χ3v) is 1.30. The minimum atomic E-state index is -0.374. The quantitative estimate of drug-likeness (QED) is 0.705. The highest BCUT2D eigenvalue weighted by Gasteiger charge is 2.07. The molecule has 0 radical (unpaired) electrons. The average molecular weight is 182 g/mol. The highest BCUT2D eigenvalue weighted by atomic mass is 16.5. The Labute approximate surface area is 75.1 Å². The van der Waals surface area contributed by atoms with Crippen LogP contribution in [0.2, 0.25) is 0 Å². The number of hydrogen-bond acceptors (Lipinski definition) is 4. The molecule has 0 aliphatic rings. The fourth-order valence-electron chi connectivity index (χ4n) is 0.838. The summed E-state index contributed by atoms with van der Waals surface area (Å²) in [6.07, 6.45) is -0.133. The van der Waals surface area contributed by atoms with Crippen LogP contribution in [0.4, 0.5) is 5.82 Å². The first-order valence-electron chi connectivity index (χ1n) is 3.80. The van der Waals surface area contributed by atoms with Crippen molar-refractivity contribution in [2.24, 2.45) is 0 Å². The molecular formula is C8H10N2O3. The van der Waals surface area contributed by atoms with Crippen molar-refractivity contribution in [3.05, 3.63) is 11.8 Å². The van der Waals surface area contributed by atoms with Crippen LogP contribution in [0.15, 0.2) is 10.6 Å². The molecule has 1 rings (SSSR count). The minimum absolute atomic E-state index is 0.133. The Morgan fingerprint density at radius 3 is 2.77 bits per heavy atom. The normalized spacial score (nSPS) is 9.69. The van der Waals surface area contributed by atoms with Crippen LogP contribution in [0.3, 0.4) is 0 Å². The van der Waals surface area contributed by atoms with Crippen LogP contribution in [-0.2, 0) is 9.59 Å². The van der Waals surface area contributed by atoms with Crippen LogP contribution in [0.25, 0.3) is 0 Å². The molecule has 1 aromatic heterocycles. The van der Waals surface area contributed by atoms with E-state index in [1.54, 1.807) is 13.0 Å². The maximum absolute atomic E-state index is 11.0. The molecule has 0 aliphatic heterocycles. The van der Waals surface area contributed by atoms with Crippen LogP contribution in [-0.4, -0.2) is 16.8 Å². The number of carbonyl (C=O) groups excluding carboxylic acids is 2. The van der Waals surface area contributed by atoms with E-state index in [2.05, 4.69) is 10.5 Å². The van der Waals surface area contributed by atoms with E-state index < -0.39 is 0 Å². The molecule has 0 aliphatic carbocycles. The van der Waals surface area contributed by atoms with E-state index in [4.69, 9.17) is 4.52 Å². The molecule has 0 aromatic carbocycles. The molecule has 5 nitrogen and oxygen atoms in total. The van der Waals surface area contributed by atoms with Gasteiger partial charge in [-0.2, -0.15) is 0 Å². The molecular weight excluding hydrogens is 172 g/mol. The monoisotopic (exact) mass is 182 g/mol. The van der Waals surface area contributed by atoms with E-state index >= 15 is 0 Å². The van der Waals surface area contributed by atoms with Crippen molar-refractivity contribution in [3.8, 4) is 0 Å². The molecule has 0 saturated carbocycles. The maximum atomic E-state index is 11.0. The number of amides is 1. The van der Waals surface area contributed by atoms with Gasteiger partial charge in [0, 0.05) is 6.07 Å². The van der Waals surface area contributed by atoms with Crippen molar-refractivity contribution < 1.29 is 14.1 Å². The number of carbonyl (C=O) groups is 2. The fraction of sp³-hybridized carbons (Fsp3) is 0.375. The molecule has 1 aromatic rings. The number of rotatable bonds is 3. The number of hydrogen-bond donors (Lipinski definition) is 1. The first-order valence-corrected chi connectivity index (χ1v) is 3.80. The topological polar surface area (TPSA) is 72.2 Å². The van der Waals surface area contributed by atoms with Crippen LogP contribution in [0.1, 0.15) is 19.1 Å². The van der Waals surface area contributed by atoms with Crippen LogP contribution in [0.5, 0.6) is 0 Å². The second kappa shape index (κ2) is 3.84. The predicted octanol–water partition coefficient (Wildman–Crippen LogP) is 0.901. The Balaban J connectivity index is 2.50. The summed E-state index contributed by atoms with van der Waals surface area (Å²) >= 11 is 0. The molecule has 5 heteroatoms. The molecule has 13 heavy (non-hydrogen) atoms. The Morgan fingerprint density at radius 2 is 2.31 bits per heavy atom. The molecule has 0 fully saturated rings. The van der Waals surface area contributed by atoms with Gasteiger partial charge in [0.25, 0.3) is 0 Å². The molecule has 0 bridgehead atoms. The zero-order valence-electron chi connectivity index (χ0n) is 7.46. The first-order chi connectivity index (χ1) is 6.08. The number of ketones is 1. The highest BCUT2D eigenvalue weighted by molar-refractivity contribution is 6.03. The van der Waals surface area contributed by atoms with E-state index in [1.165, 1.54) is 6.92 Å². The third kappa shape index (κ3) is 3.06. The van der Waals surface area contributed by atoms with Crippen LogP contribution in [0, 0.1) is 6.92 Å². The van der Waals surface area contributed by atoms with E-state index in [0.29, 0.717) is 11.6 Å². The zero-order chi connectivity index (χ0) is 9.84. The third-order valence-electron chi connectivity index (χ3n) is 1.30.